The number of para-hydroxylation sites is 1. The summed E-state index contributed by atoms with van der Waals surface area (Å²) >= 11 is 1.44. The Morgan fingerprint density at radius 1 is 1.09 bits per heavy atom. The summed E-state index contributed by atoms with van der Waals surface area (Å²) in [7, 11) is 0. The van der Waals surface area contributed by atoms with Crippen LogP contribution in [0.2, 0.25) is 0 Å². The van der Waals surface area contributed by atoms with Crippen LogP contribution in [0.5, 0.6) is 0 Å². The van der Waals surface area contributed by atoms with Crippen LogP contribution >= 0.6 is 11.8 Å². The first-order valence-electron chi connectivity index (χ1n) is 7.14. The van der Waals surface area contributed by atoms with E-state index in [1.165, 1.54) is 23.4 Å². The summed E-state index contributed by atoms with van der Waals surface area (Å²) in [6.45, 7) is 6.49. The molecule has 0 aromatic heterocycles. The van der Waals surface area contributed by atoms with E-state index in [-0.39, 0.29) is 22.8 Å². The average Bonchev–Trinajstić information content (AvgIpc) is 2.47. The third-order valence-electron chi connectivity index (χ3n) is 3.24. The van der Waals surface area contributed by atoms with Crippen molar-refractivity contribution < 1.29 is 9.18 Å². The summed E-state index contributed by atoms with van der Waals surface area (Å²) < 4.78 is 13.4. The van der Waals surface area contributed by atoms with Gasteiger partial charge in [0.15, 0.2) is 0 Å². The van der Waals surface area contributed by atoms with E-state index in [0.29, 0.717) is 0 Å². The molecule has 0 bridgehead atoms. The molecule has 1 amide bonds. The lowest BCUT2D eigenvalue weighted by Gasteiger charge is -2.19. The molecular formula is C18H20FNOS. The number of carbonyl (C=O) groups is 1. The standard InChI is InChI=1S/C18H20FNOS/c1-18(2,3)13-8-10-14(11-9-13)22-12-17(21)20-16-7-5-4-6-15(16)19/h4-11H,12H2,1-3H3,(H,20,21). The minimum absolute atomic E-state index is 0.116. The fourth-order valence-corrected chi connectivity index (χ4v) is 2.65. The fraction of sp³-hybridized carbons (Fsp3) is 0.278. The van der Waals surface area contributed by atoms with Gasteiger partial charge < -0.3 is 5.32 Å². The lowest BCUT2D eigenvalue weighted by molar-refractivity contribution is -0.113. The van der Waals surface area contributed by atoms with Crippen molar-refractivity contribution in [1.82, 2.24) is 0 Å². The highest BCUT2D eigenvalue weighted by atomic mass is 32.2. The lowest BCUT2D eigenvalue weighted by Crippen LogP contribution is -2.15. The molecule has 0 saturated carbocycles. The molecule has 2 aromatic carbocycles. The largest absolute Gasteiger partial charge is 0.323 e. The quantitative estimate of drug-likeness (QED) is 0.816. The number of hydrogen-bond acceptors (Lipinski definition) is 2. The van der Waals surface area contributed by atoms with Gasteiger partial charge in [-0.25, -0.2) is 4.39 Å². The second kappa shape index (κ2) is 6.97. The molecule has 0 heterocycles. The van der Waals surface area contributed by atoms with Gasteiger partial charge in [0.25, 0.3) is 0 Å². The molecule has 0 radical (unpaired) electrons. The van der Waals surface area contributed by atoms with Crippen molar-refractivity contribution in [2.45, 2.75) is 31.1 Å². The molecule has 0 aliphatic carbocycles. The molecule has 2 aromatic rings. The monoisotopic (exact) mass is 317 g/mol. The van der Waals surface area contributed by atoms with Crippen molar-refractivity contribution >= 4 is 23.4 Å². The van der Waals surface area contributed by atoms with Gasteiger partial charge in [0.1, 0.15) is 5.82 Å². The van der Waals surface area contributed by atoms with Gasteiger partial charge in [-0.05, 0) is 35.2 Å². The molecular weight excluding hydrogens is 297 g/mol. The van der Waals surface area contributed by atoms with Crippen LogP contribution in [0.25, 0.3) is 0 Å². The molecule has 1 N–H and O–H groups in total. The molecule has 0 fully saturated rings. The Labute approximate surface area is 135 Å². The molecule has 0 spiro atoms. The molecule has 116 valence electrons. The van der Waals surface area contributed by atoms with E-state index < -0.39 is 5.82 Å². The first-order chi connectivity index (χ1) is 10.4. The number of nitrogens with one attached hydrogen (secondary N) is 1. The lowest BCUT2D eigenvalue weighted by atomic mass is 9.87. The predicted molar refractivity (Wildman–Crippen MR) is 90.9 cm³/mol. The molecule has 22 heavy (non-hydrogen) atoms. The number of rotatable bonds is 4. The van der Waals surface area contributed by atoms with E-state index in [4.69, 9.17) is 0 Å². The Morgan fingerprint density at radius 2 is 1.73 bits per heavy atom. The van der Waals surface area contributed by atoms with Crippen LogP contribution in [0.15, 0.2) is 53.4 Å². The van der Waals surface area contributed by atoms with Gasteiger partial charge >= 0.3 is 0 Å². The van der Waals surface area contributed by atoms with Crippen molar-refractivity contribution in [3.05, 3.63) is 59.9 Å². The highest BCUT2D eigenvalue weighted by Gasteiger charge is 2.13. The second-order valence-corrected chi connectivity index (χ2v) is 7.14. The number of hydrogen-bond donors (Lipinski definition) is 1. The highest BCUT2D eigenvalue weighted by Crippen LogP contribution is 2.25. The summed E-state index contributed by atoms with van der Waals surface area (Å²) in [5, 5.41) is 2.58. The van der Waals surface area contributed by atoms with E-state index in [1.807, 2.05) is 12.1 Å². The summed E-state index contributed by atoms with van der Waals surface area (Å²) in [5.74, 6) is -0.381. The number of halogens is 1. The topological polar surface area (TPSA) is 29.1 Å². The van der Waals surface area contributed by atoms with Crippen LogP contribution in [0.1, 0.15) is 26.3 Å². The maximum atomic E-state index is 13.4. The normalized spacial score (nSPS) is 11.3. The van der Waals surface area contributed by atoms with Crippen molar-refractivity contribution in [2.24, 2.45) is 0 Å². The zero-order valence-corrected chi connectivity index (χ0v) is 13.8. The van der Waals surface area contributed by atoms with Crippen LogP contribution in [0.3, 0.4) is 0 Å². The third-order valence-corrected chi connectivity index (χ3v) is 4.25. The SMILES string of the molecule is CC(C)(C)c1ccc(SCC(=O)Nc2ccccc2F)cc1. The Balaban J connectivity index is 1.90. The smallest absolute Gasteiger partial charge is 0.234 e. The first kappa shape index (κ1) is 16.6. The zero-order chi connectivity index (χ0) is 16.2. The number of thioether (sulfide) groups is 1. The van der Waals surface area contributed by atoms with E-state index in [9.17, 15) is 9.18 Å². The maximum Gasteiger partial charge on any atom is 0.234 e. The molecule has 2 nitrogen and oxygen atoms in total. The number of anilines is 1. The van der Waals surface area contributed by atoms with Gasteiger partial charge in [-0.15, -0.1) is 11.8 Å². The molecule has 0 atom stereocenters. The Kier molecular flexibility index (Phi) is 5.24. The zero-order valence-electron chi connectivity index (χ0n) is 13.0. The van der Waals surface area contributed by atoms with Crippen LogP contribution < -0.4 is 5.32 Å². The van der Waals surface area contributed by atoms with Crippen molar-refractivity contribution in [2.75, 3.05) is 11.1 Å². The van der Waals surface area contributed by atoms with Crippen LogP contribution in [-0.4, -0.2) is 11.7 Å². The minimum Gasteiger partial charge on any atom is -0.323 e. The molecule has 0 aliphatic rings. The van der Waals surface area contributed by atoms with Gasteiger partial charge in [0.2, 0.25) is 5.91 Å². The number of carbonyl (C=O) groups excluding carboxylic acids is 1. The summed E-state index contributed by atoms with van der Waals surface area (Å²) in [4.78, 5) is 12.9. The number of amides is 1. The molecule has 4 heteroatoms. The number of benzene rings is 2. The Hall–Kier alpha value is -1.81. The molecule has 0 saturated heterocycles. The van der Waals surface area contributed by atoms with E-state index in [1.54, 1.807) is 18.2 Å². The van der Waals surface area contributed by atoms with E-state index in [0.717, 1.165) is 4.90 Å². The third kappa shape index (κ3) is 4.60. The fourth-order valence-electron chi connectivity index (χ4n) is 1.95. The molecule has 0 unspecified atom stereocenters. The average molecular weight is 317 g/mol. The van der Waals surface area contributed by atoms with Crippen molar-refractivity contribution in [3.63, 3.8) is 0 Å². The van der Waals surface area contributed by atoms with Crippen LogP contribution in [-0.2, 0) is 10.2 Å². The minimum atomic E-state index is -0.421. The predicted octanol–water partition coefficient (Wildman–Crippen LogP) is 4.85. The maximum absolute atomic E-state index is 13.4. The summed E-state index contributed by atoms with van der Waals surface area (Å²) in [6.07, 6.45) is 0. The van der Waals surface area contributed by atoms with Gasteiger partial charge in [-0.2, -0.15) is 0 Å². The Morgan fingerprint density at radius 3 is 2.32 bits per heavy atom. The van der Waals surface area contributed by atoms with Gasteiger partial charge in [-0.1, -0.05) is 45.0 Å². The van der Waals surface area contributed by atoms with Crippen molar-refractivity contribution in [3.8, 4) is 0 Å². The van der Waals surface area contributed by atoms with E-state index in [2.05, 4.69) is 38.2 Å². The van der Waals surface area contributed by atoms with Gasteiger partial charge in [0, 0.05) is 4.90 Å². The van der Waals surface area contributed by atoms with Gasteiger partial charge in [-0.3, -0.25) is 4.79 Å². The summed E-state index contributed by atoms with van der Waals surface area (Å²) in [6, 6.07) is 14.4. The van der Waals surface area contributed by atoms with E-state index >= 15 is 0 Å². The van der Waals surface area contributed by atoms with Crippen molar-refractivity contribution in [1.29, 1.82) is 0 Å². The summed E-state index contributed by atoms with van der Waals surface area (Å²) in [5.41, 5.74) is 1.59. The van der Waals surface area contributed by atoms with Gasteiger partial charge in [0.05, 0.1) is 11.4 Å². The molecule has 2 rings (SSSR count). The first-order valence-corrected chi connectivity index (χ1v) is 8.12. The highest BCUT2D eigenvalue weighted by molar-refractivity contribution is 8.00. The Bertz CT molecular complexity index is 647. The molecule has 0 aliphatic heterocycles. The van der Waals surface area contributed by atoms with Crippen LogP contribution in [0.4, 0.5) is 10.1 Å². The van der Waals surface area contributed by atoms with Crippen LogP contribution in [0, 0.1) is 5.82 Å². The second-order valence-electron chi connectivity index (χ2n) is 6.09.